The lowest BCUT2D eigenvalue weighted by atomic mass is 10.2. The maximum absolute atomic E-state index is 13.1. The molecule has 0 unspecified atom stereocenters. The average Bonchev–Trinajstić information content (AvgIpc) is 2.79. The van der Waals surface area contributed by atoms with Gasteiger partial charge >= 0.3 is 0 Å². The number of ether oxygens (including phenoxy) is 2. The number of hydrogen-bond acceptors (Lipinski definition) is 7. The molecule has 0 radical (unpaired) electrons. The van der Waals surface area contributed by atoms with Gasteiger partial charge in [-0.05, 0) is 36.4 Å². The van der Waals surface area contributed by atoms with Crippen LogP contribution in [0.25, 0.3) is 0 Å². The molecule has 1 N–H and O–H groups in total. The van der Waals surface area contributed by atoms with Crippen molar-refractivity contribution in [2.75, 3.05) is 57.6 Å². The topological polar surface area (TPSA) is 105 Å². The van der Waals surface area contributed by atoms with E-state index in [0.717, 1.165) is 5.69 Å². The van der Waals surface area contributed by atoms with E-state index in [-0.39, 0.29) is 41.8 Å². The molecule has 0 amide bonds. The fraction of sp³-hybridized carbons (Fsp3) is 0.400. The van der Waals surface area contributed by atoms with Gasteiger partial charge in [-0.3, -0.25) is 0 Å². The molecule has 0 bridgehead atoms. The SMILES string of the molecule is COc1ccc(OC)c(S(=O)(=O)NCCS(=O)(=O)N2CCN(c3ccc(F)cc3)CC2)c1. The lowest BCUT2D eigenvalue weighted by Gasteiger charge is -2.35. The van der Waals surface area contributed by atoms with Gasteiger partial charge in [0, 0.05) is 44.5 Å². The minimum atomic E-state index is -4.01. The maximum atomic E-state index is 13.1. The van der Waals surface area contributed by atoms with E-state index < -0.39 is 20.0 Å². The molecule has 0 atom stereocenters. The highest BCUT2D eigenvalue weighted by atomic mass is 32.2. The molecule has 3 rings (SSSR count). The van der Waals surface area contributed by atoms with Crippen molar-refractivity contribution in [3.63, 3.8) is 0 Å². The molecular weight excluding hydrogens is 461 g/mol. The van der Waals surface area contributed by atoms with Crippen LogP contribution in [-0.2, 0) is 20.0 Å². The van der Waals surface area contributed by atoms with Gasteiger partial charge < -0.3 is 14.4 Å². The van der Waals surface area contributed by atoms with Gasteiger partial charge in [0.25, 0.3) is 0 Å². The van der Waals surface area contributed by atoms with Crippen LogP contribution in [0.5, 0.6) is 11.5 Å². The first-order valence-electron chi connectivity index (χ1n) is 9.86. The van der Waals surface area contributed by atoms with Gasteiger partial charge in [0.05, 0.1) is 20.0 Å². The minimum Gasteiger partial charge on any atom is -0.497 e. The molecule has 2 aromatic rings. The molecule has 1 heterocycles. The number of halogens is 1. The summed E-state index contributed by atoms with van der Waals surface area (Å²) in [6.45, 7) is 1.14. The lowest BCUT2D eigenvalue weighted by molar-refractivity contribution is 0.385. The first-order chi connectivity index (χ1) is 15.2. The summed E-state index contributed by atoms with van der Waals surface area (Å²) in [5.74, 6) is -0.255. The lowest BCUT2D eigenvalue weighted by Crippen LogP contribution is -2.50. The highest BCUT2D eigenvalue weighted by Crippen LogP contribution is 2.28. The number of methoxy groups -OCH3 is 2. The van der Waals surface area contributed by atoms with E-state index in [2.05, 4.69) is 4.72 Å². The summed E-state index contributed by atoms with van der Waals surface area (Å²) in [5, 5.41) is 0. The Labute approximate surface area is 187 Å². The molecule has 1 aliphatic heterocycles. The number of rotatable bonds is 9. The second-order valence-electron chi connectivity index (χ2n) is 7.09. The van der Waals surface area contributed by atoms with Crippen molar-refractivity contribution in [1.82, 2.24) is 9.03 Å². The van der Waals surface area contributed by atoms with Crippen molar-refractivity contribution >= 4 is 25.7 Å². The van der Waals surface area contributed by atoms with Gasteiger partial charge in [-0.25, -0.2) is 25.9 Å². The third-order valence-corrected chi connectivity index (χ3v) is 8.49. The van der Waals surface area contributed by atoms with Crippen molar-refractivity contribution < 1.29 is 30.7 Å². The number of piperazine rings is 1. The predicted molar refractivity (Wildman–Crippen MR) is 119 cm³/mol. The Morgan fingerprint density at radius 3 is 2.19 bits per heavy atom. The van der Waals surface area contributed by atoms with E-state index in [4.69, 9.17) is 9.47 Å². The minimum absolute atomic E-state index is 0.123. The Balaban J connectivity index is 1.58. The first kappa shape index (κ1) is 24.2. The van der Waals surface area contributed by atoms with Crippen LogP contribution in [0.15, 0.2) is 47.4 Å². The summed E-state index contributed by atoms with van der Waals surface area (Å²) >= 11 is 0. The Bertz CT molecular complexity index is 1130. The third kappa shape index (κ3) is 5.68. The smallest absolute Gasteiger partial charge is 0.244 e. The van der Waals surface area contributed by atoms with Crippen LogP contribution in [0.4, 0.5) is 10.1 Å². The number of nitrogens with zero attached hydrogens (tertiary/aromatic N) is 2. The quantitative estimate of drug-likeness (QED) is 0.568. The highest BCUT2D eigenvalue weighted by Gasteiger charge is 2.28. The molecule has 1 saturated heterocycles. The van der Waals surface area contributed by atoms with Crippen LogP contribution >= 0.6 is 0 Å². The zero-order valence-electron chi connectivity index (χ0n) is 17.8. The molecular formula is C20H26FN3O6S2. The average molecular weight is 488 g/mol. The van der Waals surface area contributed by atoms with Crippen LogP contribution in [-0.4, -0.2) is 73.8 Å². The van der Waals surface area contributed by atoms with Crippen LogP contribution < -0.4 is 19.1 Å². The van der Waals surface area contributed by atoms with E-state index in [1.807, 2.05) is 4.90 Å². The second-order valence-corrected chi connectivity index (χ2v) is 10.9. The fourth-order valence-electron chi connectivity index (χ4n) is 3.38. The van der Waals surface area contributed by atoms with Gasteiger partial charge in [0.1, 0.15) is 22.2 Å². The van der Waals surface area contributed by atoms with Crippen molar-refractivity contribution in [2.24, 2.45) is 0 Å². The summed E-state index contributed by atoms with van der Waals surface area (Å²) in [5.41, 5.74) is 0.823. The summed E-state index contributed by atoms with van der Waals surface area (Å²) in [7, 11) is -4.92. The summed E-state index contributed by atoms with van der Waals surface area (Å²) in [4.78, 5) is 1.84. The highest BCUT2D eigenvalue weighted by molar-refractivity contribution is 7.90. The molecule has 0 saturated carbocycles. The number of anilines is 1. The van der Waals surface area contributed by atoms with E-state index in [0.29, 0.717) is 18.8 Å². The molecule has 32 heavy (non-hydrogen) atoms. The zero-order valence-corrected chi connectivity index (χ0v) is 19.5. The van der Waals surface area contributed by atoms with Crippen molar-refractivity contribution in [1.29, 1.82) is 0 Å². The summed E-state index contributed by atoms with van der Waals surface area (Å²) < 4.78 is 77.7. The van der Waals surface area contributed by atoms with Crippen molar-refractivity contribution in [3.8, 4) is 11.5 Å². The van der Waals surface area contributed by atoms with E-state index in [1.54, 1.807) is 18.2 Å². The first-order valence-corrected chi connectivity index (χ1v) is 13.0. The van der Waals surface area contributed by atoms with Gasteiger partial charge in [-0.1, -0.05) is 0 Å². The van der Waals surface area contributed by atoms with Gasteiger partial charge in [-0.15, -0.1) is 0 Å². The number of benzene rings is 2. The number of sulfonamides is 2. The van der Waals surface area contributed by atoms with Crippen LogP contribution in [0, 0.1) is 5.82 Å². The standard InChI is InChI=1S/C20H26FN3O6S2/c1-29-18-7-8-19(30-2)20(15-18)32(27,28)22-9-14-31(25,26)24-12-10-23(11-13-24)17-5-3-16(21)4-6-17/h3-8,15,22H,9-14H2,1-2H3. The van der Waals surface area contributed by atoms with E-state index in [1.165, 1.54) is 42.8 Å². The molecule has 2 aromatic carbocycles. The molecule has 0 aliphatic carbocycles. The number of nitrogens with one attached hydrogen (secondary N) is 1. The van der Waals surface area contributed by atoms with Gasteiger partial charge in [-0.2, -0.15) is 4.31 Å². The van der Waals surface area contributed by atoms with Crippen LogP contribution in [0.3, 0.4) is 0 Å². The molecule has 1 aliphatic rings. The third-order valence-electron chi connectivity index (χ3n) is 5.14. The van der Waals surface area contributed by atoms with E-state index >= 15 is 0 Å². The molecule has 1 fully saturated rings. The zero-order chi connectivity index (χ0) is 23.4. The predicted octanol–water partition coefficient (Wildman–Crippen LogP) is 1.27. The Kier molecular flexibility index (Phi) is 7.59. The Hall–Kier alpha value is -2.41. The van der Waals surface area contributed by atoms with Crippen molar-refractivity contribution in [2.45, 2.75) is 4.90 Å². The van der Waals surface area contributed by atoms with Crippen LogP contribution in [0.2, 0.25) is 0 Å². The maximum Gasteiger partial charge on any atom is 0.244 e. The molecule has 12 heteroatoms. The Morgan fingerprint density at radius 1 is 0.938 bits per heavy atom. The molecule has 9 nitrogen and oxygen atoms in total. The van der Waals surface area contributed by atoms with Gasteiger partial charge in [0.15, 0.2) is 0 Å². The Morgan fingerprint density at radius 2 is 1.59 bits per heavy atom. The van der Waals surface area contributed by atoms with Crippen molar-refractivity contribution in [3.05, 3.63) is 48.3 Å². The fourth-order valence-corrected chi connectivity index (χ4v) is 6.06. The summed E-state index contributed by atoms with van der Waals surface area (Å²) in [6.07, 6.45) is 0. The van der Waals surface area contributed by atoms with E-state index in [9.17, 15) is 21.2 Å². The largest absolute Gasteiger partial charge is 0.497 e. The second kappa shape index (κ2) is 10.0. The van der Waals surface area contributed by atoms with Crippen LogP contribution in [0.1, 0.15) is 0 Å². The number of hydrogen-bond donors (Lipinski definition) is 1. The molecule has 176 valence electrons. The normalized spacial score (nSPS) is 15.5. The summed E-state index contributed by atoms with van der Waals surface area (Å²) in [6, 6.07) is 10.4. The molecule has 0 aromatic heterocycles. The van der Waals surface area contributed by atoms with Gasteiger partial charge in [0.2, 0.25) is 20.0 Å². The monoisotopic (exact) mass is 487 g/mol. The molecule has 0 spiro atoms.